The van der Waals surface area contributed by atoms with Gasteiger partial charge in [-0.05, 0) is 38.0 Å². The third-order valence-corrected chi connectivity index (χ3v) is 4.48. The molecule has 146 valence electrons. The van der Waals surface area contributed by atoms with Gasteiger partial charge in [-0.2, -0.15) is 18.3 Å². The minimum absolute atomic E-state index is 0.342. The lowest BCUT2D eigenvalue weighted by molar-refractivity contribution is -0.141. The lowest BCUT2D eigenvalue weighted by Gasteiger charge is -2.31. The summed E-state index contributed by atoms with van der Waals surface area (Å²) < 4.78 is 39.1. The molecule has 1 fully saturated rings. The first kappa shape index (κ1) is 19.2. The smallest absolute Gasteiger partial charge is 0.393 e. The number of piperidine rings is 1. The van der Waals surface area contributed by atoms with Crippen molar-refractivity contribution in [1.82, 2.24) is 14.8 Å². The number of hydrogen-bond donors (Lipinski definition) is 2. The fourth-order valence-electron chi connectivity index (χ4n) is 2.89. The summed E-state index contributed by atoms with van der Waals surface area (Å²) >= 11 is 0. The van der Waals surface area contributed by atoms with Crippen molar-refractivity contribution in [2.24, 2.45) is 0 Å². The molecule has 0 saturated carbocycles. The number of amides is 1. The molecular formula is C17H20F3N5O2. The normalized spacial score (nSPS) is 17.0. The van der Waals surface area contributed by atoms with Crippen LogP contribution in [0.4, 0.5) is 24.7 Å². The Morgan fingerprint density at radius 1 is 1.33 bits per heavy atom. The molecule has 0 bridgehead atoms. The molecule has 3 heterocycles. The number of halogens is 3. The van der Waals surface area contributed by atoms with E-state index in [2.05, 4.69) is 15.4 Å². The second kappa shape index (κ2) is 7.55. The van der Waals surface area contributed by atoms with Crippen LogP contribution in [0.5, 0.6) is 0 Å². The van der Waals surface area contributed by atoms with Gasteiger partial charge < -0.3 is 15.3 Å². The van der Waals surface area contributed by atoms with Gasteiger partial charge in [0, 0.05) is 25.5 Å². The molecule has 1 atom stereocenters. The summed E-state index contributed by atoms with van der Waals surface area (Å²) in [5, 5.41) is 15.8. The Labute approximate surface area is 153 Å². The van der Waals surface area contributed by atoms with Gasteiger partial charge in [0.05, 0.1) is 11.8 Å². The van der Waals surface area contributed by atoms with Crippen LogP contribution in [0.25, 0.3) is 0 Å². The number of pyridine rings is 1. The number of rotatable bonds is 4. The molecule has 7 nitrogen and oxygen atoms in total. The van der Waals surface area contributed by atoms with E-state index in [0.717, 1.165) is 16.9 Å². The SMILES string of the molecule is CC(C(=O)Nc1cccnc1N1CCC(O)CC1)n1ccc(C(F)(F)F)n1. The van der Waals surface area contributed by atoms with Gasteiger partial charge in [0.2, 0.25) is 5.91 Å². The highest BCUT2D eigenvalue weighted by Crippen LogP contribution is 2.29. The largest absolute Gasteiger partial charge is 0.435 e. The first-order valence-electron chi connectivity index (χ1n) is 8.57. The lowest BCUT2D eigenvalue weighted by Crippen LogP contribution is -2.37. The van der Waals surface area contributed by atoms with E-state index < -0.39 is 23.8 Å². The second-order valence-electron chi connectivity index (χ2n) is 6.44. The van der Waals surface area contributed by atoms with Crippen LogP contribution in [0.1, 0.15) is 31.5 Å². The molecule has 1 amide bonds. The number of carbonyl (C=O) groups excluding carboxylic acids is 1. The van der Waals surface area contributed by atoms with Crippen molar-refractivity contribution in [3.63, 3.8) is 0 Å². The number of nitrogens with one attached hydrogen (secondary N) is 1. The summed E-state index contributed by atoms with van der Waals surface area (Å²) in [6.45, 7) is 2.67. The standard InChI is InChI=1S/C17H20F3N5O2/c1-11(25-10-6-14(23-25)17(18,19)20)16(27)22-13-3-2-7-21-15(13)24-8-4-12(26)5-9-24/h2-3,6-7,10-12,26H,4-5,8-9H2,1H3,(H,22,27). The Balaban J connectivity index is 1.73. The summed E-state index contributed by atoms with van der Waals surface area (Å²) in [7, 11) is 0. The van der Waals surface area contributed by atoms with Crippen LogP contribution in [0, 0.1) is 0 Å². The predicted octanol–water partition coefficient (Wildman–Crippen LogP) is 2.46. The highest BCUT2D eigenvalue weighted by atomic mass is 19.4. The minimum atomic E-state index is -4.56. The van der Waals surface area contributed by atoms with Gasteiger partial charge in [-0.3, -0.25) is 9.48 Å². The number of carbonyl (C=O) groups is 1. The molecule has 1 unspecified atom stereocenters. The summed E-state index contributed by atoms with van der Waals surface area (Å²) in [6.07, 6.45) is -0.963. The molecule has 27 heavy (non-hydrogen) atoms. The Morgan fingerprint density at radius 3 is 2.67 bits per heavy atom. The quantitative estimate of drug-likeness (QED) is 0.848. The summed E-state index contributed by atoms with van der Waals surface area (Å²) in [4.78, 5) is 18.8. The average Bonchev–Trinajstić information content (AvgIpc) is 3.13. The van der Waals surface area contributed by atoms with Crippen LogP contribution in [-0.4, -0.2) is 45.0 Å². The van der Waals surface area contributed by atoms with Crippen LogP contribution in [-0.2, 0) is 11.0 Å². The van der Waals surface area contributed by atoms with Crippen molar-refractivity contribution < 1.29 is 23.1 Å². The van der Waals surface area contributed by atoms with E-state index in [9.17, 15) is 23.1 Å². The van der Waals surface area contributed by atoms with E-state index >= 15 is 0 Å². The molecule has 0 spiro atoms. The van der Waals surface area contributed by atoms with Crippen molar-refractivity contribution in [3.8, 4) is 0 Å². The molecule has 1 aliphatic rings. The number of aromatic nitrogens is 3. The van der Waals surface area contributed by atoms with E-state index in [4.69, 9.17) is 0 Å². The molecule has 1 saturated heterocycles. The highest BCUT2D eigenvalue weighted by Gasteiger charge is 2.34. The zero-order valence-electron chi connectivity index (χ0n) is 14.6. The second-order valence-corrected chi connectivity index (χ2v) is 6.44. The first-order valence-corrected chi connectivity index (χ1v) is 8.57. The van der Waals surface area contributed by atoms with Crippen LogP contribution >= 0.6 is 0 Å². The van der Waals surface area contributed by atoms with Gasteiger partial charge in [-0.15, -0.1) is 0 Å². The maximum atomic E-state index is 12.7. The van der Waals surface area contributed by atoms with Gasteiger partial charge in [-0.25, -0.2) is 4.98 Å². The van der Waals surface area contributed by atoms with Gasteiger partial charge in [0.25, 0.3) is 0 Å². The monoisotopic (exact) mass is 383 g/mol. The van der Waals surface area contributed by atoms with Gasteiger partial charge >= 0.3 is 6.18 Å². The van der Waals surface area contributed by atoms with Crippen LogP contribution in [0.15, 0.2) is 30.6 Å². The summed E-state index contributed by atoms with van der Waals surface area (Å²) in [6, 6.07) is 3.25. The maximum absolute atomic E-state index is 12.7. The fourth-order valence-corrected chi connectivity index (χ4v) is 2.89. The van der Waals surface area contributed by atoms with E-state index in [1.807, 2.05) is 4.90 Å². The number of hydrogen-bond acceptors (Lipinski definition) is 5. The highest BCUT2D eigenvalue weighted by molar-refractivity contribution is 5.95. The van der Waals surface area contributed by atoms with Crippen molar-refractivity contribution >= 4 is 17.4 Å². The number of alkyl halides is 3. The molecular weight excluding hydrogens is 363 g/mol. The third kappa shape index (κ3) is 4.38. The third-order valence-electron chi connectivity index (χ3n) is 4.48. The van der Waals surface area contributed by atoms with E-state index in [0.29, 0.717) is 37.4 Å². The Kier molecular flexibility index (Phi) is 5.36. The molecule has 2 N–H and O–H groups in total. The predicted molar refractivity (Wildman–Crippen MR) is 92.3 cm³/mol. The molecule has 1 aliphatic heterocycles. The van der Waals surface area contributed by atoms with Crippen molar-refractivity contribution in [3.05, 3.63) is 36.3 Å². The number of aliphatic hydroxyl groups excluding tert-OH is 1. The average molecular weight is 383 g/mol. The molecule has 2 aromatic rings. The maximum Gasteiger partial charge on any atom is 0.435 e. The molecule has 3 rings (SSSR count). The topological polar surface area (TPSA) is 83.3 Å². The van der Waals surface area contributed by atoms with Crippen LogP contribution in [0.3, 0.4) is 0 Å². The molecule has 0 aliphatic carbocycles. The molecule has 2 aromatic heterocycles. The van der Waals surface area contributed by atoms with E-state index in [-0.39, 0.29) is 6.10 Å². The van der Waals surface area contributed by atoms with Gasteiger partial charge in [-0.1, -0.05) is 0 Å². The fraction of sp³-hybridized carbons (Fsp3) is 0.471. The van der Waals surface area contributed by atoms with Gasteiger partial charge in [0.1, 0.15) is 6.04 Å². The zero-order chi connectivity index (χ0) is 19.6. The van der Waals surface area contributed by atoms with Crippen molar-refractivity contribution in [1.29, 1.82) is 0 Å². The number of nitrogens with zero attached hydrogens (tertiary/aromatic N) is 4. The number of anilines is 2. The van der Waals surface area contributed by atoms with Crippen LogP contribution < -0.4 is 10.2 Å². The van der Waals surface area contributed by atoms with Gasteiger partial charge in [0.15, 0.2) is 11.5 Å². The summed E-state index contributed by atoms with van der Waals surface area (Å²) in [5.74, 6) is 0.0690. The van der Waals surface area contributed by atoms with Crippen LogP contribution in [0.2, 0.25) is 0 Å². The Hall–Kier alpha value is -2.62. The molecule has 0 aromatic carbocycles. The van der Waals surface area contributed by atoms with Crippen molar-refractivity contribution in [2.75, 3.05) is 23.3 Å². The zero-order valence-corrected chi connectivity index (χ0v) is 14.6. The minimum Gasteiger partial charge on any atom is -0.393 e. The number of aliphatic hydroxyl groups is 1. The molecule has 10 heteroatoms. The summed E-state index contributed by atoms with van der Waals surface area (Å²) in [5.41, 5.74) is -0.579. The Bertz CT molecular complexity index is 800. The van der Waals surface area contributed by atoms with Crippen molar-refractivity contribution in [2.45, 2.75) is 38.1 Å². The van der Waals surface area contributed by atoms with E-state index in [1.165, 1.54) is 6.92 Å². The molecule has 0 radical (unpaired) electrons. The lowest BCUT2D eigenvalue weighted by atomic mass is 10.1. The van der Waals surface area contributed by atoms with E-state index in [1.54, 1.807) is 18.3 Å². The Morgan fingerprint density at radius 2 is 2.04 bits per heavy atom. The first-order chi connectivity index (χ1) is 12.8.